The summed E-state index contributed by atoms with van der Waals surface area (Å²) in [5.41, 5.74) is 2.24. The minimum absolute atomic E-state index is 0.00593. The number of fused-ring (bicyclic) bond motifs is 2. The molecule has 12 heteroatoms. The summed E-state index contributed by atoms with van der Waals surface area (Å²) in [7, 11) is 1.58. The molecule has 38 heavy (non-hydrogen) atoms. The second-order valence-corrected chi connectivity index (χ2v) is 11.8. The second kappa shape index (κ2) is 13.5. The minimum Gasteiger partial charge on any atom is -0.462 e. The van der Waals surface area contributed by atoms with Crippen LogP contribution in [0.3, 0.4) is 0 Å². The largest absolute Gasteiger partial charge is 0.462 e. The van der Waals surface area contributed by atoms with E-state index in [2.05, 4.69) is 10.3 Å². The third-order valence-corrected chi connectivity index (χ3v) is 9.16. The van der Waals surface area contributed by atoms with E-state index in [0.717, 1.165) is 59.8 Å². The summed E-state index contributed by atoms with van der Waals surface area (Å²) in [4.78, 5) is 43.8. The molecule has 3 aromatic rings. The van der Waals surface area contributed by atoms with Crippen molar-refractivity contribution in [1.82, 2.24) is 4.57 Å². The number of aromatic nitrogens is 1. The molecular formula is C26H30FN3O5S3. The van der Waals surface area contributed by atoms with E-state index in [1.54, 1.807) is 20.1 Å². The molecule has 1 aliphatic rings. The Balaban J connectivity index is 1.41. The van der Waals surface area contributed by atoms with Gasteiger partial charge in [-0.1, -0.05) is 17.8 Å². The van der Waals surface area contributed by atoms with E-state index in [-0.39, 0.29) is 29.8 Å². The predicted octanol–water partition coefficient (Wildman–Crippen LogP) is 4.79. The number of nitrogens with zero attached hydrogens (tertiary/aromatic N) is 2. The van der Waals surface area contributed by atoms with Crippen LogP contribution in [0.1, 0.15) is 47.0 Å². The average molecular weight is 580 g/mol. The number of nitrogens with one attached hydrogen (secondary N) is 1. The lowest BCUT2D eigenvalue weighted by Crippen LogP contribution is -2.20. The van der Waals surface area contributed by atoms with Gasteiger partial charge >= 0.3 is 5.97 Å². The number of esters is 1. The summed E-state index contributed by atoms with van der Waals surface area (Å²) < 4.78 is 26.6. The number of anilines is 1. The number of amides is 2. The molecule has 0 saturated carbocycles. The van der Waals surface area contributed by atoms with E-state index in [1.165, 1.54) is 34.8 Å². The van der Waals surface area contributed by atoms with Gasteiger partial charge in [-0.25, -0.2) is 9.18 Å². The summed E-state index contributed by atoms with van der Waals surface area (Å²) in [5, 5.41) is 3.39. The van der Waals surface area contributed by atoms with Crippen molar-refractivity contribution in [3.63, 3.8) is 0 Å². The molecule has 0 unspecified atom stereocenters. The van der Waals surface area contributed by atoms with E-state index in [1.807, 2.05) is 4.57 Å². The maximum absolute atomic E-state index is 13.7. The van der Waals surface area contributed by atoms with Crippen molar-refractivity contribution in [1.29, 1.82) is 0 Å². The Morgan fingerprint density at radius 2 is 1.97 bits per heavy atom. The highest BCUT2D eigenvalue weighted by Crippen LogP contribution is 2.38. The molecule has 0 radical (unpaired) electrons. The monoisotopic (exact) mass is 579 g/mol. The molecule has 0 spiro atoms. The van der Waals surface area contributed by atoms with Gasteiger partial charge in [0.15, 0.2) is 4.80 Å². The molecule has 4 rings (SSSR count). The number of thioether (sulfide) groups is 1. The first-order chi connectivity index (χ1) is 18.4. The molecule has 0 saturated heterocycles. The van der Waals surface area contributed by atoms with Crippen molar-refractivity contribution in [2.75, 3.05) is 37.1 Å². The first kappa shape index (κ1) is 28.5. The van der Waals surface area contributed by atoms with Gasteiger partial charge in [-0.15, -0.1) is 23.1 Å². The zero-order chi connectivity index (χ0) is 27.1. The molecule has 0 fully saturated rings. The lowest BCUT2D eigenvalue weighted by molar-refractivity contribution is -0.115. The second-order valence-electron chi connectivity index (χ2n) is 8.68. The van der Waals surface area contributed by atoms with Crippen LogP contribution in [0.25, 0.3) is 10.2 Å². The number of methoxy groups -OCH3 is 1. The van der Waals surface area contributed by atoms with Gasteiger partial charge in [-0.05, 0) is 56.4 Å². The number of benzene rings is 1. The number of hydrogen-bond donors (Lipinski definition) is 1. The number of carbonyl (C=O) groups excluding carboxylic acids is 3. The van der Waals surface area contributed by atoms with Crippen LogP contribution >= 0.6 is 34.4 Å². The van der Waals surface area contributed by atoms with Crippen LogP contribution in [0, 0.1) is 5.82 Å². The van der Waals surface area contributed by atoms with Gasteiger partial charge in [0.25, 0.3) is 5.91 Å². The van der Waals surface area contributed by atoms with Crippen molar-refractivity contribution in [2.45, 2.75) is 45.6 Å². The highest BCUT2D eigenvalue weighted by Gasteiger charge is 2.26. The molecular weight excluding hydrogens is 550 g/mol. The standard InChI is InChI=1S/C26H30FN3O5S3/c1-3-35-25(33)23-17-7-5-4-6-8-19(17)37-24(23)28-21(31)14-36-15-22(32)29-26-30(11-12-34-2)18-10-9-16(27)13-20(18)38-26/h9-10,13H,3-8,11-12,14-15H2,1-2H3,(H,28,31). The first-order valence-corrected chi connectivity index (χ1v) is 15.2. The Kier molecular flexibility index (Phi) is 10.1. The smallest absolute Gasteiger partial charge is 0.341 e. The molecule has 2 aromatic heterocycles. The fraction of sp³-hybridized carbons (Fsp3) is 0.462. The zero-order valence-corrected chi connectivity index (χ0v) is 23.8. The summed E-state index contributed by atoms with van der Waals surface area (Å²) in [6.45, 7) is 2.91. The molecule has 1 aliphatic carbocycles. The van der Waals surface area contributed by atoms with Crippen molar-refractivity contribution in [3.05, 3.63) is 44.8 Å². The molecule has 0 bridgehead atoms. The zero-order valence-electron chi connectivity index (χ0n) is 21.3. The number of rotatable bonds is 10. The number of aryl methyl sites for hydroxylation is 1. The lowest BCUT2D eigenvalue weighted by Gasteiger charge is -2.08. The van der Waals surface area contributed by atoms with Gasteiger partial charge < -0.3 is 19.4 Å². The average Bonchev–Trinajstić information content (AvgIpc) is 3.29. The molecule has 0 aliphatic heterocycles. The van der Waals surface area contributed by atoms with Gasteiger partial charge in [0, 0.05) is 18.5 Å². The summed E-state index contributed by atoms with van der Waals surface area (Å²) >= 11 is 3.82. The highest BCUT2D eigenvalue weighted by molar-refractivity contribution is 8.00. The maximum atomic E-state index is 13.7. The topological polar surface area (TPSA) is 99.0 Å². The minimum atomic E-state index is -0.408. The Hall–Kier alpha value is -2.54. The van der Waals surface area contributed by atoms with Crippen molar-refractivity contribution in [2.24, 2.45) is 4.99 Å². The van der Waals surface area contributed by atoms with E-state index in [9.17, 15) is 18.8 Å². The van der Waals surface area contributed by atoms with E-state index < -0.39 is 11.9 Å². The Bertz CT molecular complexity index is 1390. The number of halogens is 1. The number of ether oxygens (including phenoxy) is 2. The maximum Gasteiger partial charge on any atom is 0.341 e. The third-order valence-electron chi connectivity index (χ3n) is 6.00. The van der Waals surface area contributed by atoms with Crippen LogP contribution in [-0.4, -0.2) is 54.2 Å². The molecule has 8 nitrogen and oxygen atoms in total. The van der Waals surface area contributed by atoms with Gasteiger partial charge in [0.05, 0.1) is 40.5 Å². The SMILES string of the molecule is CCOC(=O)c1c(NC(=O)CSCC(=O)N=c2sc3cc(F)ccc3n2CCOC)sc2c1CCCCC2. The number of thiophene rings is 1. The van der Waals surface area contributed by atoms with E-state index >= 15 is 0 Å². The van der Waals surface area contributed by atoms with E-state index in [0.29, 0.717) is 33.2 Å². The fourth-order valence-corrected chi connectivity index (χ4v) is 7.30. The van der Waals surface area contributed by atoms with Crippen molar-refractivity contribution < 1.29 is 28.2 Å². The molecule has 0 atom stereocenters. The van der Waals surface area contributed by atoms with Gasteiger partial charge in [0.2, 0.25) is 5.91 Å². The van der Waals surface area contributed by atoms with Gasteiger partial charge in [0.1, 0.15) is 10.8 Å². The van der Waals surface area contributed by atoms with E-state index in [4.69, 9.17) is 9.47 Å². The van der Waals surface area contributed by atoms with Gasteiger partial charge in [-0.3, -0.25) is 9.59 Å². The highest BCUT2D eigenvalue weighted by atomic mass is 32.2. The molecule has 1 N–H and O–H groups in total. The summed E-state index contributed by atoms with van der Waals surface area (Å²) in [6.07, 6.45) is 4.87. The molecule has 204 valence electrons. The number of hydrogen-bond acceptors (Lipinski definition) is 8. The Labute approximate surface area is 232 Å². The van der Waals surface area contributed by atoms with Crippen LogP contribution in [-0.2, 0) is 38.4 Å². The summed E-state index contributed by atoms with van der Waals surface area (Å²) in [5.74, 6) is -1.41. The number of carbonyl (C=O) groups is 3. The molecule has 1 aromatic carbocycles. The summed E-state index contributed by atoms with van der Waals surface area (Å²) in [6, 6.07) is 4.45. The quantitative estimate of drug-likeness (QED) is 0.274. The lowest BCUT2D eigenvalue weighted by atomic mass is 10.1. The Morgan fingerprint density at radius 3 is 2.76 bits per heavy atom. The Morgan fingerprint density at radius 1 is 1.16 bits per heavy atom. The number of thiazole rings is 1. The predicted molar refractivity (Wildman–Crippen MR) is 150 cm³/mol. The molecule has 2 heterocycles. The first-order valence-electron chi connectivity index (χ1n) is 12.5. The van der Waals surface area contributed by atoms with Crippen LogP contribution in [0.4, 0.5) is 9.39 Å². The molecule has 2 amide bonds. The van der Waals surface area contributed by atoms with Crippen LogP contribution in [0.15, 0.2) is 23.2 Å². The normalized spacial score (nSPS) is 13.8. The van der Waals surface area contributed by atoms with Crippen LogP contribution < -0.4 is 10.1 Å². The van der Waals surface area contributed by atoms with Crippen LogP contribution in [0.5, 0.6) is 0 Å². The third kappa shape index (κ3) is 6.90. The van der Waals surface area contributed by atoms with Crippen molar-refractivity contribution >= 4 is 67.4 Å². The van der Waals surface area contributed by atoms with Crippen LogP contribution in [0.2, 0.25) is 0 Å². The van der Waals surface area contributed by atoms with Gasteiger partial charge in [-0.2, -0.15) is 4.99 Å². The van der Waals surface area contributed by atoms with Crippen molar-refractivity contribution in [3.8, 4) is 0 Å². The fourth-order valence-electron chi connectivity index (χ4n) is 4.31.